The number of rotatable bonds is 5. The second-order valence-electron chi connectivity index (χ2n) is 10.1. The lowest BCUT2D eigenvalue weighted by atomic mass is 9.81. The first-order valence-corrected chi connectivity index (χ1v) is 13.1. The Bertz CT molecular complexity index is 1300. The summed E-state index contributed by atoms with van der Waals surface area (Å²) < 4.78 is 7.32. The average molecular weight is 510 g/mol. The number of amides is 1. The van der Waals surface area contributed by atoms with Gasteiger partial charge in [0.05, 0.1) is 30.6 Å². The maximum Gasteiger partial charge on any atom is 0.409 e. The van der Waals surface area contributed by atoms with E-state index in [0.717, 1.165) is 58.7 Å². The zero-order valence-electron chi connectivity index (χ0n) is 20.7. The monoisotopic (exact) mass is 509 g/mol. The van der Waals surface area contributed by atoms with Crippen molar-refractivity contribution in [3.05, 3.63) is 63.9 Å². The molecule has 0 unspecified atom stereocenters. The first-order chi connectivity index (χ1) is 17.4. The van der Waals surface area contributed by atoms with Gasteiger partial charge in [-0.05, 0) is 68.7 Å². The molecule has 36 heavy (non-hydrogen) atoms. The van der Waals surface area contributed by atoms with Crippen molar-refractivity contribution in [2.45, 2.75) is 64.0 Å². The van der Waals surface area contributed by atoms with Crippen LogP contribution in [0.25, 0.3) is 11.0 Å². The van der Waals surface area contributed by atoms with Crippen LogP contribution in [0.1, 0.15) is 67.1 Å². The van der Waals surface area contributed by atoms with E-state index in [0.29, 0.717) is 25.9 Å². The highest BCUT2D eigenvalue weighted by Crippen LogP contribution is 2.40. The zero-order chi connectivity index (χ0) is 25.4. The number of methoxy groups -OCH3 is 1. The van der Waals surface area contributed by atoms with Crippen molar-refractivity contribution in [1.82, 2.24) is 14.5 Å². The summed E-state index contributed by atoms with van der Waals surface area (Å²) in [5.74, 6) is 0.224. The normalized spacial score (nSPS) is 20.7. The number of hydrogen-bond donors (Lipinski definition) is 1. The molecule has 1 saturated carbocycles. The maximum absolute atomic E-state index is 12.3. The lowest BCUT2D eigenvalue weighted by Gasteiger charge is -2.28. The molecule has 1 atom stereocenters. The Hall–Kier alpha value is -3.06. The van der Waals surface area contributed by atoms with Crippen molar-refractivity contribution in [2.75, 3.05) is 13.7 Å². The topological polar surface area (TPSA) is 84.7 Å². The minimum absolute atomic E-state index is 0.0976. The molecule has 0 bridgehead atoms. The predicted octanol–water partition coefficient (Wildman–Crippen LogP) is 5.98. The van der Waals surface area contributed by atoms with Crippen molar-refractivity contribution < 1.29 is 19.4 Å². The van der Waals surface area contributed by atoms with E-state index in [1.807, 2.05) is 18.2 Å². The van der Waals surface area contributed by atoms with Crippen LogP contribution in [0.4, 0.5) is 4.79 Å². The molecule has 2 aliphatic rings. The van der Waals surface area contributed by atoms with Crippen LogP contribution >= 0.6 is 11.6 Å². The summed E-state index contributed by atoms with van der Waals surface area (Å²) in [6.45, 7) is 3.29. The van der Waals surface area contributed by atoms with Gasteiger partial charge in [-0.1, -0.05) is 35.9 Å². The van der Waals surface area contributed by atoms with Gasteiger partial charge in [-0.3, -0.25) is 4.79 Å². The highest BCUT2D eigenvalue weighted by Gasteiger charge is 2.32. The van der Waals surface area contributed by atoms with E-state index >= 15 is 0 Å². The molecule has 7 nitrogen and oxygen atoms in total. The molecule has 2 aromatic carbocycles. The van der Waals surface area contributed by atoms with Gasteiger partial charge in [-0.25, -0.2) is 9.78 Å². The van der Waals surface area contributed by atoms with E-state index in [4.69, 9.17) is 21.3 Å². The smallest absolute Gasteiger partial charge is 0.409 e. The molecule has 1 N–H and O–H groups in total. The second-order valence-corrected chi connectivity index (χ2v) is 10.5. The van der Waals surface area contributed by atoms with Crippen LogP contribution in [0.2, 0.25) is 5.02 Å². The largest absolute Gasteiger partial charge is 0.481 e. The van der Waals surface area contributed by atoms with Gasteiger partial charge in [0.2, 0.25) is 0 Å². The van der Waals surface area contributed by atoms with Gasteiger partial charge in [0.1, 0.15) is 5.82 Å². The molecule has 3 aromatic rings. The third-order valence-electron chi connectivity index (χ3n) is 7.88. The number of nitrogens with zero attached hydrogens (tertiary/aromatic N) is 3. The summed E-state index contributed by atoms with van der Waals surface area (Å²) in [6.07, 6.45) is 4.13. The number of hydrogen-bond acceptors (Lipinski definition) is 4. The Kier molecular flexibility index (Phi) is 6.93. The molecule has 1 aromatic heterocycles. The van der Waals surface area contributed by atoms with Gasteiger partial charge >= 0.3 is 12.1 Å². The van der Waals surface area contributed by atoms with E-state index in [-0.39, 0.29) is 24.0 Å². The summed E-state index contributed by atoms with van der Waals surface area (Å²) in [5.41, 5.74) is 5.36. The summed E-state index contributed by atoms with van der Waals surface area (Å²) in [6, 6.07) is 12.3. The van der Waals surface area contributed by atoms with Gasteiger partial charge in [-0.15, -0.1) is 0 Å². The number of ether oxygens (including phenoxy) is 1. The highest BCUT2D eigenvalue weighted by atomic mass is 35.5. The molecular weight excluding hydrogens is 478 g/mol. The van der Waals surface area contributed by atoms with Crippen LogP contribution in [0.3, 0.4) is 0 Å². The fourth-order valence-electron chi connectivity index (χ4n) is 5.92. The lowest BCUT2D eigenvalue weighted by molar-refractivity contribution is -0.142. The predicted molar refractivity (Wildman–Crippen MR) is 138 cm³/mol. The minimum atomic E-state index is -0.703. The first kappa shape index (κ1) is 24.6. The zero-order valence-corrected chi connectivity index (χ0v) is 21.5. The molecule has 8 heteroatoms. The average Bonchev–Trinajstić information content (AvgIpc) is 3.29. The third-order valence-corrected chi connectivity index (χ3v) is 8.25. The van der Waals surface area contributed by atoms with Crippen LogP contribution in [-0.2, 0) is 28.9 Å². The van der Waals surface area contributed by atoms with Crippen molar-refractivity contribution in [2.24, 2.45) is 5.92 Å². The van der Waals surface area contributed by atoms with Gasteiger partial charge < -0.3 is 19.3 Å². The number of carbonyl (C=O) groups is 2. The lowest BCUT2D eigenvalue weighted by Crippen LogP contribution is -2.35. The molecule has 2 heterocycles. The summed E-state index contributed by atoms with van der Waals surface area (Å²) >= 11 is 6.51. The molecule has 0 spiro atoms. The van der Waals surface area contributed by atoms with E-state index in [1.165, 1.54) is 12.7 Å². The van der Waals surface area contributed by atoms with Crippen LogP contribution in [0, 0.1) is 5.92 Å². The molecular formula is C28H32ClN3O4. The number of aliphatic carboxylic acids is 1. The van der Waals surface area contributed by atoms with E-state index in [9.17, 15) is 14.7 Å². The van der Waals surface area contributed by atoms with Crippen LogP contribution in [-0.4, -0.2) is 45.3 Å². The maximum atomic E-state index is 12.3. The summed E-state index contributed by atoms with van der Waals surface area (Å²) in [7, 11) is 1.41. The number of carbonyl (C=O) groups excluding carboxylic acids is 1. The van der Waals surface area contributed by atoms with Crippen LogP contribution in [0.5, 0.6) is 0 Å². The fraction of sp³-hybridized carbons (Fsp3) is 0.464. The van der Waals surface area contributed by atoms with Gasteiger partial charge in [0, 0.05) is 29.1 Å². The number of halogens is 1. The number of imidazole rings is 1. The molecule has 1 fully saturated rings. The molecule has 5 rings (SSSR count). The Morgan fingerprint density at radius 1 is 1.17 bits per heavy atom. The van der Waals surface area contributed by atoms with Crippen LogP contribution < -0.4 is 0 Å². The molecule has 0 saturated heterocycles. The number of benzene rings is 2. The minimum Gasteiger partial charge on any atom is -0.481 e. The Labute approximate surface area is 216 Å². The van der Waals surface area contributed by atoms with Crippen LogP contribution in [0.15, 0.2) is 36.4 Å². The SMILES string of the molecule is COC(=O)N1CCc2ccc3c(nc([C@H]4CC[C@H](C(=O)O)CC4)n3[C@H](C)Cc3ccccc3Cl)c2C1. The summed E-state index contributed by atoms with van der Waals surface area (Å²) in [5, 5.41) is 10.2. The van der Waals surface area contributed by atoms with E-state index in [1.54, 1.807) is 4.90 Å². The number of carboxylic acid groups (broad SMARTS) is 1. The second kappa shape index (κ2) is 10.1. The van der Waals surface area contributed by atoms with Gasteiger partial charge in [0.15, 0.2) is 0 Å². The van der Waals surface area contributed by atoms with E-state index < -0.39 is 5.97 Å². The molecule has 1 amide bonds. The number of carboxylic acids is 1. The summed E-state index contributed by atoms with van der Waals surface area (Å²) in [4.78, 5) is 30.8. The highest BCUT2D eigenvalue weighted by molar-refractivity contribution is 6.31. The molecule has 1 aliphatic carbocycles. The van der Waals surface area contributed by atoms with E-state index in [2.05, 4.69) is 29.7 Å². The Morgan fingerprint density at radius 2 is 1.92 bits per heavy atom. The van der Waals surface area contributed by atoms with Crippen molar-refractivity contribution in [1.29, 1.82) is 0 Å². The van der Waals surface area contributed by atoms with Crippen molar-refractivity contribution >= 4 is 34.7 Å². The van der Waals surface area contributed by atoms with Gasteiger partial charge in [0.25, 0.3) is 0 Å². The van der Waals surface area contributed by atoms with Crippen molar-refractivity contribution in [3.63, 3.8) is 0 Å². The number of aromatic nitrogens is 2. The Balaban J connectivity index is 1.57. The Morgan fingerprint density at radius 3 is 2.61 bits per heavy atom. The molecule has 190 valence electrons. The molecule has 1 aliphatic heterocycles. The quantitative estimate of drug-likeness (QED) is 0.457. The number of fused-ring (bicyclic) bond motifs is 3. The third kappa shape index (κ3) is 4.57. The standard InChI is InChI=1S/C28H32ClN3O4/c1-17(15-21-5-3-4-6-23(21)29)32-24-12-11-18-13-14-31(28(35)36-2)16-22(18)25(24)30-26(32)19-7-9-20(10-8-19)27(33)34/h3-6,11-12,17,19-20H,7-10,13-16H2,1-2H3,(H,33,34)/t17-,19-,20-/m1/s1. The fourth-order valence-corrected chi connectivity index (χ4v) is 6.13. The van der Waals surface area contributed by atoms with Gasteiger partial charge in [-0.2, -0.15) is 0 Å². The van der Waals surface area contributed by atoms with Crippen molar-refractivity contribution in [3.8, 4) is 0 Å². The first-order valence-electron chi connectivity index (χ1n) is 12.7. The molecule has 0 radical (unpaired) electrons.